The van der Waals surface area contributed by atoms with Crippen molar-refractivity contribution >= 4 is 22.6 Å². The molecule has 0 bridgehead atoms. The number of nitrogens with one attached hydrogen (secondary N) is 1. The van der Waals surface area contributed by atoms with Crippen molar-refractivity contribution in [3.05, 3.63) is 0 Å². The monoisotopic (exact) mass is 302 g/mol. The van der Waals surface area contributed by atoms with Gasteiger partial charge in [-0.3, -0.25) is 18.7 Å². The smallest absolute Gasteiger partial charge is 0.247 e. The van der Waals surface area contributed by atoms with E-state index in [1.165, 1.54) is 4.90 Å². The first-order chi connectivity index (χ1) is 9.42. The molecule has 0 radical (unpaired) electrons. The minimum absolute atomic E-state index is 0.0175. The highest BCUT2D eigenvalue weighted by atomic mass is 32.2. The number of imide groups is 1. The summed E-state index contributed by atoms with van der Waals surface area (Å²) in [7, 11) is -0.849. The third-order valence-electron chi connectivity index (χ3n) is 4.00. The van der Waals surface area contributed by atoms with Gasteiger partial charge in [-0.25, -0.2) is 0 Å². The first kappa shape index (κ1) is 17.3. The Morgan fingerprint density at radius 2 is 1.95 bits per heavy atom. The zero-order valence-corrected chi connectivity index (χ0v) is 13.7. The van der Waals surface area contributed by atoms with Gasteiger partial charge in [0.25, 0.3) is 0 Å². The number of amides is 2. The molecule has 0 saturated carbocycles. The van der Waals surface area contributed by atoms with Gasteiger partial charge >= 0.3 is 0 Å². The van der Waals surface area contributed by atoms with Crippen LogP contribution in [0.3, 0.4) is 0 Å². The molecular weight excluding hydrogens is 276 g/mol. The van der Waals surface area contributed by atoms with Crippen LogP contribution < -0.4 is 5.32 Å². The minimum Gasteiger partial charge on any atom is -0.305 e. The van der Waals surface area contributed by atoms with E-state index in [4.69, 9.17) is 0 Å². The third kappa shape index (κ3) is 4.12. The van der Waals surface area contributed by atoms with E-state index in [-0.39, 0.29) is 29.5 Å². The SMILES string of the molecule is CCC(CC)N1C(=O)CC(NCCC(C)S(C)=O)C1=O. The van der Waals surface area contributed by atoms with E-state index >= 15 is 0 Å². The van der Waals surface area contributed by atoms with Crippen molar-refractivity contribution in [1.29, 1.82) is 0 Å². The molecule has 1 aliphatic rings. The summed E-state index contributed by atoms with van der Waals surface area (Å²) < 4.78 is 11.3. The molecule has 1 fully saturated rings. The summed E-state index contributed by atoms with van der Waals surface area (Å²) in [5, 5.41) is 3.24. The van der Waals surface area contributed by atoms with Crippen molar-refractivity contribution in [3.63, 3.8) is 0 Å². The van der Waals surface area contributed by atoms with E-state index in [0.717, 1.165) is 19.3 Å². The second kappa shape index (κ2) is 7.88. The molecule has 0 aromatic carbocycles. The molecule has 0 aromatic heterocycles. The number of hydrogen-bond donors (Lipinski definition) is 1. The van der Waals surface area contributed by atoms with Crippen molar-refractivity contribution in [1.82, 2.24) is 10.2 Å². The Kier molecular flexibility index (Phi) is 6.82. The van der Waals surface area contributed by atoms with E-state index in [0.29, 0.717) is 6.54 Å². The van der Waals surface area contributed by atoms with Gasteiger partial charge in [0.15, 0.2) is 0 Å². The molecule has 0 spiro atoms. The molecule has 0 aliphatic carbocycles. The Bertz CT molecular complexity index is 383. The van der Waals surface area contributed by atoms with Crippen LogP contribution in [0, 0.1) is 0 Å². The van der Waals surface area contributed by atoms with Crippen LogP contribution in [0.5, 0.6) is 0 Å². The number of carbonyl (C=O) groups is 2. The van der Waals surface area contributed by atoms with Gasteiger partial charge in [0.2, 0.25) is 11.8 Å². The summed E-state index contributed by atoms with van der Waals surface area (Å²) in [6.45, 7) is 6.53. The lowest BCUT2D eigenvalue weighted by Crippen LogP contribution is -2.44. The van der Waals surface area contributed by atoms with Crippen LogP contribution in [0.1, 0.15) is 46.5 Å². The van der Waals surface area contributed by atoms with E-state index in [9.17, 15) is 13.8 Å². The number of hydrogen-bond acceptors (Lipinski definition) is 4. The normalized spacial score (nSPS) is 22.6. The molecule has 0 aromatic rings. The lowest BCUT2D eigenvalue weighted by molar-refractivity contribution is -0.141. The summed E-state index contributed by atoms with van der Waals surface area (Å²) in [4.78, 5) is 25.7. The van der Waals surface area contributed by atoms with Crippen LogP contribution in [0.25, 0.3) is 0 Å². The maximum Gasteiger partial charge on any atom is 0.247 e. The molecule has 1 aliphatic heterocycles. The molecule has 5 nitrogen and oxygen atoms in total. The van der Waals surface area contributed by atoms with Gasteiger partial charge in [-0.05, 0) is 25.8 Å². The fourth-order valence-electron chi connectivity index (χ4n) is 2.47. The van der Waals surface area contributed by atoms with E-state index in [1.807, 2.05) is 20.8 Å². The molecule has 2 amide bonds. The molecule has 116 valence electrons. The highest BCUT2D eigenvalue weighted by Crippen LogP contribution is 2.20. The van der Waals surface area contributed by atoms with Crippen molar-refractivity contribution in [3.8, 4) is 0 Å². The zero-order valence-electron chi connectivity index (χ0n) is 12.8. The van der Waals surface area contributed by atoms with Gasteiger partial charge in [0, 0.05) is 28.3 Å². The van der Waals surface area contributed by atoms with Gasteiger partial charge < -0.3 is 5.32 Å². The van der Waals surface area contributed by atoms with Crippen LogP contribution in [0.2, 0.25) is 0 Å². The summed E-state index contributed by atoms with van der Waals surface area (Å²) in [5.74, 6) is -0.178. The Hall–Kier alpha value is -0.750. The molecule has 1 N–H and O–H groups in total. The quantitative estimate of drug-likeness (QED) is 0.681. The molecule has 6 heteroatoms. The van der Waals surface area contributed by atoms with Crippen molar-refractivity contribution in [2.24, 2.45) is 0 Å². The van der Waals surface area contributed by atoms with Crippen molar-refractivity contribution < 1.29 is 13.8 Å². The average molecular weight is 302 g/mol. The number of carbonyl (C=O) groups excluding carboxylic acids is 2. The second-order valence-electron chi connectivity index (χ2n) is 5.38. The first-order valence-electron chi connectivity index (χ1n) is 7.33. The van der Waals surface area contributed by atoms with Crippen LogP contribution in [-0.4, -0.2) is 51.1 Å². The number of nitrogens with zero attached hydrogens (tertiary/aromatic N) is 1. The summed E-state index contributed by atoms with van der Waals surface area (Å²) >= 11 is 0. The summed E-state index contributed by atoms with van der Waals surface area (Å²) in [6.07, 6.45) is 4.27. The predicted molar refractivity (Wildman–Crippen MR) is 80.8 cm³/mol. The van der Waals surface area contributed by atoms with Crippen LogP contribution in [0.4, 0.5) is 0 Å². The minimum atomic E-state index is -0.849. The van der Waals surface area contributed by atoms with Crippen LogP contribution >= 0.6 is 0 Å². The topological polar surface area (TPSA) is 66.5 Å². The summed E-state index contributed by atoms with van der Waals surface area (Å²) in [6, 6.07) is -0.385. The second-order valence-corrected chi connectivity index (χ2v) is 7.18. The van der Waals surface area contributed by atoms with E-state index in [2.05, 4.69) is 5.32 Å². The maximum absolute atomic E-state index is 12.3. The van der Waals surface area contributed by atoms with Gasteiger partial charge in [-0.15, -0.1) is 0 Å². The van der Waals surface area contributed by atoms with Gasteiger partial charge in [-0.1, -0.05) is 20.8 Å². The molecule has 1 heterocycles. The fourth-order valence-corrected chi connectivity index (χ4v) is 2.92. The average Bonchev–Trinajstić information content (AvgIpc) is 2.68. The maximum atomic E-state index is 12.3. The van der Waals surface area contributed by atoms with Crippen LogP contribution in [0.15, 0.2) is 0 Å². The van der Waals surface area contributed by atoms with E-state index in [1.54, 1.807) is 6.26 Å². The number of rotatable bonds is 8. The van der Waals surface area contributed by atoms with Crippen molar-refractivity contribution in [2.45, 2.75) is 63.8 Å². The van der Waals surface area contributed by atoms with Gasteiger partial charge in [0.1, 0.15) is 0 Å². The molecular formula is C14H26N2O3S. The molecule has 3 atom stereocenters. The lowest BCUT2D eigenvalue weighted by Gasteiger charge is -2.24. The Morgan fingerprint density at radius 1 is 1.35 bits per heavy atom. The first-order valence-corrected chi connectivity index (χ1v) is 8.95. The lowest BCUT2D eigenvalue weighted by atomic mass is 10.1. The highest BCUT2D eigenvalue weighted by Gasteiger charge is 2.40. The van der Waals surface area contributed by atoms with Crippen LogP contribution in [-0.2, 0) is 20.4 Å². The molecule has 1 saturated heterocycles. The molecule has 20 heavy (non-hydrogen) atoms. The number of likely N-dealkylation sites (tertiary alicyclic amines) is 1. The fraction of sp³-hybridized carbons (Fsp3) is 0.857. The van der Waals surface area contributed by atoms with Gasteiger partial charge in [0.05, 0.1) is 12.5 Å². The standard InChI is InChI=1S/C14H26N2O3S/c1-5-11(6-2)16-13(17)9-12(14(16)18)15-8-7-10(3)20(4)19/h10-12,15H,5-9H2,1-4H3. The third-order valence-corrected chi connectivity index (χ3v) is 5.37. The van der Waals surface area contributed by atoms with Gasteiger partial charge in [-0.2, -0.15) is 0 Å². The largest absolute Gasteiger partial charge is 0.305 e. The Morgan fingerprint density at radius 3 is 2.45 bits per heavy atom. The van der Waals surface area contributed by atoms with Crippen molar-refractivity contribution in [2.75, 3.05) is 12.8 Å². The summed E-state index contributed by atoms with van der Waals surface area (Å²) in [5.41, 5.74) is 0. The highest BCUT2D eigenvalue weighted by molar-refractivity contribution is 7.84. The Balaban J connectivity index is 2.52. The molecule has 3 unspecified atom stereocenters. The van der Waals surface area contributed by atoms with E-state index < -0.39 is 16.8 Å². The zero-order chi connectivity index (χ0) is 15.3. The Labute approximate surface area is 123 Å². The molecule has 1 rings (SSSR count). The predicted octanol–water partition coefficient (Wildman–Crippen LogP) is 1.05.